The van der Waals surface area contributed by atoms with Crippen molar-refractivity contribution in [1.29, 1.82) is 0 Å². The summed E-state index contributed by atoms with van der Waals surface area (Å²) in [6.07, 6.45) is 0. The molecule has 0 spiro atoms. The Hall–Kier alpha value is -0.840. The number of anilines is 1. The van der Waals surface area contributed by atoms with Gasteiger partial charge in [-0.1, -0.05) is 22.0 Å². The van der Waals surface area contributed by atoms with Crippen LogP contribution in [0.4, 0.5) is 5.69 Å². The van der Waals surface area contributed by atoms with Crippen LogP contribution in [0, 0.1) is 13.8 Å². The van der Waals surface area contributed by atoms with Crippen molar-refractivity contribution < 1.29 is 0 Å². The highest BCUT2D eigenvalue weighted by molar-refractivity contribution is 9.10. The first-order valence-electron chi connectivity index (χ1n) is 5.89. The zero-order chi connectivity index (χ0) is 13.1. The summed E-state index contributed by atoms with van der Waals surface area (Å²) in [5.74, 6) is 0. The number of hydrogen-bond acceptors (Lipinski definition) is 3. The van der Waals surface area contributed by atoms with Crippen molar-refractivity contribution in [3.05, 3.63) is 50.1 Å². The predicted octanol–water partition coefficient (Wildman–Crippen LogP) is 4.24. The lowest BCUT2D eigenvalue weighted by Crippen LogP contribution is -2.20. The molecule has 2 rings (SSSR count). The summed E-state index contributed by atoms with van der Waals surface area (Å²) in [6.45, 7) is 4.87. The van der Waals surface area contributed by atoms with E-state index in [0.717, 1.165) is 10.2 Å². The SMILES string of the molecule is Cc1cc(C(CN)Nc2cccc(Br)c2)c(C)s1. The molecular weight excluding hydrogens is 308 g/mol. The molecule has 1 atom stereocenters. The van der Waals surface area contributed by atoms with Crippen LogP contribution in [0.1, 0.15) is 21.4 Å². The molecule has 2 aromatic rings. The van der Waals surface area contributed by atoms with Gasteiger partial charge in [-0.3, -0.25) is 0 Å². The molecule has 1 aromatic carbocycles. The van der Waals surface area contributed by atoms with Gasteiger partial charge >= 0.3 is 0 Å². The number of hydrogen-bond donors (Lipinski definition) is 2. The summed E-state index contributed by atoms with van der Waals surface area (Å²) in [4.78, 5) is 2.67. The fraction of sp³-hybridized carbons (Fsp3) is 0.286. The summed E-state index contributed by atoms with van der Waals surface area (Å²) in [6, 6.07) is 10.6. The van der Waals surface area contributed by atoms with Gasteiger partial charge in [0.1, 0.15) is 0 Å². The van der Waals surface area contributed by atoms with Crippen molar-refractivity contribution in [1.82, 2.24) is 0 Å². The molecule has 0 aliphatic rings. The van der Waals surface area contributed by atoms with Gasteiger partial charge in [0.25, 0.3) is 0 Å². The molecule has 2 nitrogen and oxygen atoms in total. The molecule has 0 saturated carbocycles. The number of benzene rings is 1. The van der Waals surface area contributed by atoms with E-state index in [1.165, 1.54) is 15.3 Å². The second-order valence-electron chi connectivity index (χ2n) is 4.31. The molecule has 0 aliphatic heterocycles. The first kappa shape index (κ1) is 13.6. The molecule has 0 amide bonds. The van der Waals surface area contributed by atoms with Crippen LogP contribution in [-0.2, 0) is 0 Å². The van der Waals surface area contributed by atoms with Gasteiger partial charge < -0.3 is 11.1 Å². The molecule has 0 radical (unpaired) electrons. The second-order valence-corrected chi connectivity index (χ2v) is 6.69. The minimum Gasteiger partial charge on any atom is -0.377 e. The predicted molar refractivity (Wildman–Crippen MR) is 83.4 cm³/mol. The Morgan fingerprint density at radius 1 is 1.33 bits per heavy atom. The zero-order valence-corrected chi connectivity index (χ0v) is 12.9. The molecule has 1 heterocycles. The smallest absolute Gasteiger partial charge is 0.0647 e. The van der Waals surface area contributed by atoms with Gasteiger partial charge in [0.05, 0.1) is 6.04 Å². The van der Waals surface area contributed by atoms with Gasteiger partial charge in [-0.05, 0) is 43.7 Å². The van der Waals surface area contributed by atoms with Crippen LogP contribution < -0.4 is 11.1 Å². The lowest BCUT2D eigenvalue weighted by atomic mass is 10.1. The van der Waals surface area contributed by atoms with E-state index in [9.17, 15) is 0 Å². The highest BCUT2D eigenvalue weighted by Crippen LogP contribution is 2.29. The van der Waals surface area contributed by atoms with Crippen LogP contribution in [0.15, 0.2) is 34.8 Å². The minimum absolute atomic E-state index is 0.171. The van der Waals surface area contributed by atoms with Gasteiger partial charge in [-0.15, -0.1) is 11.3 Å². The monoisotopic (exact) mass is 324 g/mol. The molecular formula is C14H17BrN2S. The molecule has 18 heavy (non-hydrogen) atoms. The molecule has 1 unspecified atom stereocenters. The molecule has 0 bridgehead atoms. The highest BCUT2D eigenvalue weighted by atomic mass is 79.9. The Kier molecular flexibility index (Phi) is 4.43. The minimum atomic E-state index is 0.171. The summed E-state index contributed by atoms with van der Waals surface area (Å²) < 4.78 is 1.07. The molecule has 4 heteroatoms. The number of nitrogens with two attached hydrogens (primary N) is 1. The molecule has 1 aromatic heterocycles. The molecule has 96 valence electrons. The van der Waals surface area contributed by atoms with Crippen LogP contribution >= 0.6 is 27.3 Å². The van der Waals surface area contributed by atoms with E-state index in [4.69, 9.17) is 5.73 Å². The summed E-state index contributed by atoms with van der Waals surface area (Å²) in [5.41, 5.74) is 8.29. The normalized spacial score (nSPS) is 12.4. The molecule has 3 N–H and O–H groups in total. The van der Waals surface area contributed by atoms with Crippen LogP contribution in [0.3, 0.4) is 0 Å². The second kappa shape index (κ2) is 5.87. The van der Waals surface area contributed by atoms with E-state index in [0.29, 0.717) is 6.54 Å². The molecule has 0 aliphatic carbocycles. The van der Waals surface area contributed by atoms with Gasteiger partial charge in [0.15, 0.2) is 0 Å². The molecule has 0 saturated heterocycles. The third-order valence-electron chi connectivity index (χ3n) is 2.86. The Morgan fingerprint density at radius 3 is 2.67 bits per heavy atom. The van der Waals surface area contributed by atoms with Crippen LogP contribution in [-0.4, -0.2) is 6.54 Å². The maximum atomic E-state index is 5.90. The fourth-order valence-electron chi connectivity index (χ4n) is 2.04. The third kappa shape index (κ3) is 3.13. The molecule has 0 fully saturated rings. The summed E-state index contributed by atoms with van der Waals surface area (Å²) in [7, 11) is 0. The van der Waals surface area contributed by atoms with Gasteiger partial charge in [0, 0.05) is 26.5 Å². The van der Waals surface area contributed by atoms with E-state index in [1.807, 2.05) is 23.5 Å². The average molecular weight is 325 g/mol. The quantitative estimate of drug-likeness (QED) is 0.882. The van der Waals surface area contributed by atoms with Crippen LogP contribution in [0.2, 0.25) is 0 Å². The first-order chi connectivity index (χ1) is 8.60. The third-order valence-corrected chi connectivity index (χ3v) is 4.33. The van der Waals surface area contributed by atoms with E-state index >= 15 is 0 Å². The number of halogens is 1. The van der Waals surface area contributed by atoms with Crippen molar-refractivity contribution in [2.24, 2.45) is 5.73 Å². The van der Waals surface area contributed by atoms with E-state index in [2.05, 4.69) is 53.3 Å². The van der Waals surface area contributed by atoms with Crippen molar-refractivity contribution >= 4 is 33.0 Å². The lowest BCUT2D eigenvalue weighted by Gasteiger charge is -2.18. The maximum Gasteiger partial charge on any atom is 0.0647 e. The van der Waals surface area contributed by atoms with Crippen molar-refractivity contribution in [3.63, 3.8) is 0 Å². The Balaban J connectivity index is 2.22. The number of aryl methyl sites for hydroxylation is 2. The Bertz CT molecular complexity index is 536. The van der Waals surface area contributed by atoms with Crippen molar-refractivity contribution in [2.45, 2.75) is 19.9 Å². The van der Waals surface area contributed by atoms with Crippen molar-refractivity contribution in [2.75, 3.05) is 11.9 Å². The average Bonchev–Trinajstić information content (AvgIpc) is 2.65. The zero-order valence-electron chi connectivity index (χ0n) is 10.5. The lowest BCUT2D eigenvalue weighted by molar-refractivity contribution is 0.788. The van der Waals surface area contributed by atoms with E-state index in [1.54, 1.807) is 0 Å². The maximum absolute atomic E-state index is 5.90. The van der Waals surface area contributed by atoms with Crippen LogP contribution in [0.25, 0.3) is 0 Å². The highest BCUT2D eigenvalue weighted by Gasteiger charge is 2.14. The Morgan fingerprint density at radius 2 is 2.11 bits per heavy atom. The van der Waals surface area contributed by atoms with Crippen LogP contribution in [0.5, 0.6) is 0 Å². The standard InChI is InChI=1S/C14H17BrN2S/c1-9-6-13(10(2)18-9)14(8-16)17-12-5-3-4-11(15)7-12/h3-7,14,17H,8,16H2,1-2H3. The number of rotatable bonds is 4. The topological polar surface area (TPSA) is 38.0 Å². The van der Waals surface area contributed by atoms with Crippen molar-refractivity contribution in [3.8, 4) is 0 Å². The van der Waals surface area contributed by atoms with Gasteiger partial charge in [-0.25, -0.2) is 0 Å². The fourth-order valence-corrected chi connectivity index (χ4v) is 3.43. The summed E-state index contributed by atoms with van der Waals surface area (Å²) >= 11 is 5.30. The Labute approximate surface area is 120 Å². The van der Waals surface area contributed by atoms with Gasteiger partial charge in [0.2, 0.25) is 0 Å². The largest absolute Gasteiger partial charge is 0.377 e. The number of nitrogens with one attached hydrogen (secondary N) is 1. The summed E-state index contributed by atoms with van der Waals surface area (Å²) in [5, 5.41) is 3.49. The van der Waals surface area contributed by atoms with E-state index < -0.39 is 0 Å². The van der Waals surface area contributed by atoms with Gasteiger partial charge in [-0.2, -0.15) is 0 Å². The van der Waals surface area contributed by atoms with E-state index in [-0.39, 0.29) is 6.04 Å². The number of thiophene rings is 1. The first-order valence-corrected chi connectivity index (χ1v) is 7.50.